The highest BCUT2D eigenvalue weighted by Gasteiger charge is 2.54. The normalized spacial score (nSPS) is 37.2. The molecule has 3 saturated carbocycles. The zero-order chi connectivity index (χ0) is 18.7. The maximum Gasteiger partial charge on any atom is 0.303 e. The maximum absolute atomic E-state index is 10.7. The molecule has 3 rings (SSSR count). The molecule has 0 saturated heterocycles. The van der Waals surface area contributed by atoms with Gasteiger partial charge in [-0.05, 0) is 55.8 Å². The Kier molecular flexibility index (Phi) is 6.10. The number of rotatable bonds is 4. The lowest BCUT2D eigenvalue weighted by molar-refractivity contribution is -0.136. The number of aliphatic carboxylic acids is 1. The van der Waals surface area contributed by atoms with Gasteiger partial charge in [0.2, 0.25) is 0 Å². The Bertz CT molecular complexity index is 607. The Morgan fingerprint density at radius 3 is 2.73 bits per heavy atom. The smallest absolute Gasteiger partial charge is 0.303 e. The predicted molar refractivity (Wildman–Crippen MR) is 100 cm³/mol. The molecule has 3 fully saturated rings. The summed E-state index contributed by atoms with van der Waals surface area (Å²) in [6, 6.07) is 0. The summed E-state index contributed by atoms with van der Waals surface area (Å²) < 4.78 is 0. The summed E-state index contributed by atoms with van der Waals surface area (Å²) in [7, 11) is 0. The van der Waals surface area contributed by atoms with Crippen LogP contribution in [0.2, 0.25) is 0 Å². The van der Waals surface area contributed by atoms with E-state index in [0.29, 0.717) is 12.3 Å². The van der Waals surface area contributed by atoms with Gasteiger partial charge in [0, 0.05) is 6.42 Å². The van der Waals surface area contributed by atoms with Crippen LogP contribution in [-0.2, 0) is 4.79 Å². The first-order chi connectivity index (χ1) is 12.4. The van der Waals surface area contributed by atoms with Crippen molar-refractivity contribution in [3.63, 3.8) is 0 Å². The number of hydrogen-bond acceptors (Lipinski definition) is 3. The van der Waals surface area contributed by atoms with Crippen molar-refractivity contribution in [3.05, 3.63) is 11.6 Å². The number of carboxylic acid groups (broad SMARTS) is 1. The van der Waals surface area contributed by atoms with Crippen LogP contribution in [0.15, 0.2) is 11.6 Å². The predicted octanol–water partition coefficient (Wildman–Crippen LogP) is 3.52. The second-order valence-electron chi connectivity index (χ2n) is 8.65. The van der Waals surface area contributed by atoms with Crippen LogP contribution in [0.3, 0.4) is 0 Å². The SMILES string of the molecule is C[C@@]12CC[C@H](O)[C@@H](C#CC(O)C3CCCCC3)[C@@H]1C/C2=C/CCC(=O)O. The minimum Gasteiger partial charge on any atom is -0.481 e. The molecule has 4 nitrogen and oxygen atoms in total. The lowest BCUT2D eigenvalue weighted by Crippen LogP contribution is -2.51. The van der Waals surface area contributed by atoms with Crippen molar-refractivity contribution in [1.29, 1.82) is 0 Å². The van der Waals surface area contributed by atoms with E-state index in [0.717, 1.165) is 32.1 Å². The molecule has 3 aliphatic rings. The van der Waals surface area contributed by atoms with Gasteiger partial charge in [-0.2, -0.15) is 0 Å². The van der Waals surface area contributed by atoms with Gasteiger partial charge in [-0.15, -0.1) is 0 Å². The molecule has 0 bridgehead atoms. The zero-order valence-electron chi connectivity index (χ0n) is 15.8. The van der Waals surface area contributed by atoms with Gasteiger partial charge in [0.15, 0.2) is 0 Å². The molecule has 0 aromatic rings. The lowest BCUT2D eigenvalue weighted by Gasteiger charge is -2.57. The van der Waals surface area contributed by atoms with Gasteiger partial charge in [-0.1, -0.05) is 49.7 Å². The van der Waals surface area contributed by atoms with E-state index in [9.17, 15) is 15.0 Å². The van der Waals surface area contributed by atoms with Gasteiger partial charge in [0.05, 0.1) is 12.0 Å². The van der Waals surface area contributed by atoms with E-state index in [2.05, 4.69) is 24.8 Å². The Morgan fingerprint density at radius 2 is 2.04 bits per heavy atom. The molecule has 26 heavy (non-hydrogen) atoms. The standard InChI is InChI=1S/C22H32O4/c1-22-13-12-20(24)17(10-11-19(23)15-6-3-2-4-7-15)18(22)14-16(22)8-5-9-21(25)26/h8,15,17-20,23-24H,2-7,9,12-14H2,1H3,(H,25,26)/b16-8-/t17-,18-,19?,20-,22-/m0/s1. The van der Waals surface area contributed by atoms with E-state index in [1.165, 1.54) is 24.8 Å². The van der Waals surface area contributed by atoms with Gasteiger partial charge >= 0.3 is 5.97 Å². The summed E-state index contributed by atoms with van der Waals surface area (Å²) in [5.41, 5.74) is 1.36. The Hall–Kier alpha value is -1.31. The number of fused-ring (bicyclic) bond motifs is 1. The summed E-state index contributed by atoms with van der Waals surface area (Å²) in [5, 5.41) is 29.7. The van der Waals surface area contributed by atoms with Crippen LogP contribution < -0.4 is 0 Å². The van der Waals surface area contributed by atoms with Crippen molar-refractivity contribution in [1.82, 2.24) is 0 Å². The van der Waals surface area contributed by atoms with Crippen LogP contribution in [-0.4, -0.2) is 33.5 Å². The van der Waals surface area contributed by atoms with Gasteiger partial charge in [0.1, 0.15) is 6.10 Å². The Morgan fingerprint density at radius 1 is 1.31 bits per heavy atom. The molecule has 0 aromatic heterocycles. The Balaban J connectivity index is 1.65. The van der Waals surface area contributed by atoms with Gasteiger partial charge in [0.25, 0.3) is 0 Å². The lowest BCUT2D eigenvalue weighted by atomic mass is 9.48. The number of carbonyl (C=O) groups is 1. The fraction of sp³-hybridized carbons (Fsp3) is 0.773. The molecule has 0 heterocycles. The van der Waals surface area contributed by atoms with Crippen molar-refractivity contribution in [2.75, 3.05) is 0 Å². The van der Waals surface area contributed by atoms with Crippen molar-refractivity contribution < 1.29 is 20.1 Å². The first-order valence-corrected chi connectivity index (χ1v) is 10.2. The van der Waals surface area contributed by atoms with Gasteiger partial charge in [-0.3, -0.25) is 4.79 Å². The third-order valence-electron chi connectivity index (χ3n) is 7.04. The minimum absolute atomic E-state index is 0.0346. The first kappa shape index (κ1) is 19.5. The second-order valence-corrected chi connectivity index (χ2v) is 8.65. The van der Waals surface area contributed by atoms with Crippen molar-refractivity contribution in [2.24, 2.45) is 23.2 Å². The average Bonchev–Trinajstić information content (AvgIpc) is 2.63. The molecule has 4 heteroatoms. The quantitative estimate of drug-likeness (QED) is 0.529. The average molecular weight is 360 g/mol. The van der Waals surface area contributed by atoms with Gasteiger partial charge in [-0.25, -0.2) is 0 Å². The minimum atomic E-state index is -0.762. The van der Waals surface area contributed by atoms with Crippen molar-refractivity contribution in [3.8, 4) is 11.8 Å². The number of allylic oxidation sites excluding steroid dienone is 2. The second kappa shape index (κ2) is 8.15. The number of aliphatic hydroxyl groups excluding tert-OH is 2. The first-order valence-electron chi connectivity index (χ1n) is 10.2. The summed E-state index contributed by atoms with van der Waals surface area (Å²) in [4.78, 5) is 10.7. The van der Waals surface area contributed by atoms with Crippen LogP contribution >= 0.6 is 0 Å². The van der Waals surface area contributed by atoms with E-state index >= 15 is 0 Å². The molecule has 0 amide bonds. The largest absolute Gasteiger partial charge is 0.481 e. The molecule has 0 aliphatic heterocycles. The van der Waals surface area contributed by atoms with E-state index < -0.39 is 18.2 Å². The third kappa shape index (κ3) is 4.00. The van der Waals surface area contributed by atoms with Gasteiger partial charge < -0.3 is 15.3 Å². The molecule has 0 aromatic carbocycles. The summed E-state index contributed by atoms with van der Waals surface area (Å²) in [5.74, 6) is 6.08. The monoisotopic (exact) mass is 360 g/mol. The molecule has 5 atom stereocenters. The van der Waals surface area contributed by atoms with E-state index in [-0.39, 0.29) is 23.7 Å². The third-order valence-corrected chi connectivity index (χ3v) is 7.04. The van der Waals surface area contributed by atoms with E-state index in [4.69, 9.17) is 5.11 Å². The summed E-state index contributed by atoms with van der Waals surface area (Å²) in [6.07, 6.45) is 10.1. The number of aliphatic hydroxyl groups is 2. The fourth-order valence-corrected chi connectivity index (χ4v) is 5.20. The summed E-state index contributed by atoms with van der Waals surface area (Å²) >= 11 is 0. The van der Waals surface area contributed by atoms with Crippen LogP contribution in [0.4, 0.5) is 0 Å². The molecule has 0 spiro atoms. The number of hydrogen-bond donors (Lipinski definition) is 3. The highest BCUT2D eigenvalue weighted by molar-refractivity contribution is 5.66. The van der Waals surface area contributed by atoms with Crippen molar-refractivity contribution in [2.45, 2.75) is 83.3 Å². The molecular formula is C22H32O4. The fourth-order valence-electron chi connectivity index (χ4n) is 5.20. The molecule has 3 aliphatic carbocycles. The maximum atomic E-state index is 10.7. The van der Waals surface area contributed by atoms with Crippen LogP contribution in [0, 0.1) is 35.0 Å². The summed E-state index contributed by atoms with van der Waals surface area (Å²) in [6.45, 7) is 2.23. The number of carboxylic acids is 1. The molecular weight excluding hydrogens is 328 g/mol. The zero-order valence-corrected chi connectivity index (χ0v) is 15.8. The molecule has 0 radical (unpaired) electrons. The highest BCUT2D eigenvalue weighted by Crippen LogP contribution is 2.60. The van der Waals surface area contributed by atoms with Crippen LogP contribution in [0.5, 0.6) is 0 Å². The van der Waals surface area contributed by atoms with E-state index in [1.807, 2.05) is 0 Å². The molecule has 3 N–H and O–H groups in total. The highest BCUT2D eigenvalue weighted by atomic mass is 16.4. The molecule has 144 valence electrons. The Labute approximate surface area is 156 Å². The van der Waals surface area contributed by atoms with E-state index in [1.54, 1.807) is 0 Å². The topological polar surface area (TPSA) is 77.8 Å². The molecule has 1 unspecified atom stereocenters. The van der Waals surface area contributed by atoms with Crippen molar-refractivity contribution >= 4 is 5.97 Å². The van der Waals surface area contributed by atoms with Crippen LogP contribution in [0.1, 0.15) is 71.1 Å². The van der Waals surface area contributed by atoms with Crippen LogP contribution in [0.25, 0.3) is 0 Å².